The van der Waals surface area contributed by atoms with Crippen LogP contribution in [0.25, 0.3) is 0 Å². The van der Waals surface area contributed by atoms with Crippen LogP contribution in [0.1, 0.15) is 65.2 Å². The molecule has 0 aliphatic carbocycles. The summed E-state index contributed by atoms with van der Waals surface area (Å²) in [5.74, 6) is -9.40. The van der Waals surface area contributed by atoms with Crippen molar-refractivity contribution in [1.82, 2.24) is 9.80 Å². The first kappa shape index (κ1) is 56.3. The third-order valence-corrected chi connectivity index (χ3v) is 4.32. The van der Waals surface area contributed by atoms with Gasteiger partial charge in [-0.1, -0.05) is 39.5 Å². The molecule has 0 aromatic rings. The number of hydrogen-bond acceptors (Lipinski definition) is 14. The minimum Gasteiger partial charge on any atom is -0.549 e. The van der Waals surface area contributed by atoms with Crippen molar-refractivity contribution in [3.8, 4) is 0 Å². The van der Waals surface area contributed by atoms with Crippen molar-refractivity contribution in [2.24, 2.45) is 0 Å². The molecule has 10 N–H and O–H groups in total. The van der Waals surface area contributed by atoms with Crippen LogP contribution in [0.4, 0.5) is 0 Å². The summed E-state index contributed by atoms with van der Waals surface area (Å²) in [5.41, 5.74) is 7.51. The third-order valence-electron chi connectivity index (χ3n) is 4.32. The Morgan fingerprint density at radius 1 is 0.442 bits per heavy atom. The molecule has 0 radical (unpaired) electrons. The number of quaternary nitrogens is 2. The van der Waals surface area contributed by atoms with Crippen LogP contribution in [0.15, 0.2) is 0 Å². The summed E-state index contributed by atoms with van der Waals surface area (Å²) in [4.78, 5) is 61.2. The summed E-state index contributed by atoms with van der Waals surface area (Å²) in [5, 5.41) is 60.0. The predicted octanol–water partition coefficient (Wildman–Crippen LogP) is -11.0. The van der Waals surface area contributed by atoms with Crippen molar-refractivity contribution in [2.45, 2.75) is 65.2 Å². The second kappa shape index (κ2) is 41.6. The van der Waals surface area contributed by atoms with E-state index in [0.717, 1.165) is 13.1 Å². The van der Waals surface area contributed by atoms with Gasteiger partial charge in [0, 0.05) is 39.3 Å². The normalized spacial score (nSPS) is 9.07. The van der Waals surface area contributed by atoms with Crippen LogP contribution in [0, 0.1) is 0 Å². The van der Waals surface area contributed by atoms with Gasteiger partial charge in [-0.2, -0.15) is 0 Å². The van der Waals surface area contributed by atoms with E-state index in [1.165, 1.54) is 51.4 Å². The van der Waals surface area contributed by atoms with Crippen LogP contribution < -0.4 is 42.1 Å². The molecule has 0 amide bonds. The molecule has 18 nitrogen and oxygen atoms in total. The number of carbonyl (C=O) groups is 6. The molecule has 0 aromatic carbocycles. The average Bonchev–Trinajstić information content (AvgIpc) is 2.78. The van der Waals surface area contributed by atoms with Gasteiger partial charge in [-0.05, 0) is 25.7 Å². The van der Waals surface area contributed by atoms with Gasteiger partial charge in [0.15, 0.2) is 0 Å². The van der Waals surface area contributed by atoms with E-state index < -0.39 is 75.1 Å². The largest absolute Gasteiger partial charge is 4.00 e. The maximum atomic E-state index is 9.99. The Balaban J connectivity index is -0.0000000816. The van der Waals surface area contributed by atoms with Crippen molar-refractivity contribution in [1.29, 1.82) is 0 Å². The Morgan fingerprint density at radius 3 is 0.744 bits per heavy atom. The van der Waals surface area contributed by atoms with E-state index in [1.807, 2.05) is 0 Å². The number of carboxylic acids is 6. The molecule has 0 saturated heterocycles. The van der Waals surface area contributed by atoms with Gasteiger partial charge in [0.05, 0.1) is 48.9 Å². The fourth-order valence-corrected chi connectivity index (χ4v) is 2.64. The topological polar surface area (TPSA) is 366 Å². The van der Waals surface area contributed by atoms with Crippen LogP contribution in [-0.4, -0.2) is 109 Å². The van der Waals surface area contributed by atoms with E-state index in [0.29, 0.717) is 9.80 Å². The number of aliphatic carboxylic acids is 6. The fourth-order valence-electron chi connectivity index (χ4n) is 2.64. The van der Waals surface area contributed by atoms with Gasteiger partial charge >= 0.3 is 26.2 Å². The van der Waals surface area contributed by atoms with Crippen LogP contribution in [0.2, 0.25) is 0 Å². The van der Waals surface area contributed by atoms with Gasteiger partial charge in [0.25, 0.3) is 0 Å². The van der Waals surface area contributed by atoms with Crippen LogP contribution in [0.5, 0.6) is 0 Å². The van der Waals surface area contributed by atoms with Crippen molar-refractivity contribution in [2.75, 3.05) is 52.4 Å². The number of carbonyl (C=O) groups excluding carboxylic acids is 6. The molecule has 0 saturated carbocycles. The number of unbranched alkanes of at least 4 members (excludes halogenated alkanes) is 6. The van der Waals surface area contributed by atoms with Crippen molar-refractivity contribution < 1.29 is 108 Å². The minimum absolute atomic E-state index is 0. The first-order valence-electron chi connectivity index (χ1n) is 12.9. The Labute approximate surface area is 270 Å². The van der Waals surface area contributed by atoms with Crippen LogP contribution >= 0.6 is 0 Å². The van der Waals surface area contributed by atoms with E-state index in [9.17, 15) is 59.4 Å². The molecule has 19 heteroatoms. The fraction of sp³-hybridized carbons (Fsp3) is 0.750. The Kier molecular flexibility index (Phi) is 54.4. The molecule has 252 valence electrons. The van der Waals surface area contributed by atoms with Gasteiger partial charge in [0.2, 0.25) is 0 Å². The van der Waals surface area contributed by atoms with E-state index in [-0.39, 0.29) is 37.2 Å². The van der Waals surface area contributed by atoms with Gasteiger partial charge in [-0.15, -0.1) is 0 Å². The summed E-state index contributed by atoms with van der Waals surface area (Å²) in [6, 6.07) is 0. The second-order valence-electron chi connectivity index (χ2n) is 8.35. The number of nitrogens with zero attached hydrogens (tertiary/aromatic N) is 2. The maximum absolute atomic E-state index is 9.99. The summed E-state index contributed by atoms with van der Waals surface area (Å²) in [6.45, 7) is 1.93. The molecule has 43 heavy (non-hydrogen) atoms. The van der Waals surface area contributed by atoms with Gasteiger partial charge in [-0.3, -0.25) is 9.80 Å². The molecular weight excluding hydrogens is 660 g/mol. The standard InChI is InChI=1S/2C6H9NO6.2C6H15N.2H2O.Zr/c2*8-4(9)1-7(2-5(10)11)3-6(12)13;2*1-2-3-4-5-6-7;;;/h2*1-3H2,(H,8,9)(H,10,11)(H,12,13);2*2-7H2,1H3;2*1H2;/q;;;;;;+4/p-4. The molecule has 0 bridgehead atoms. The monoisotopic (exact) mass is 706 g/mol. The molecule has 0 aromatic heterocycles. The minimum atomic E-state index is -1.57. The summed E-state index contributed by atoms with van der Waals surface area (Å²) in [6.07, 6.45) is 10.8. The zero-order valence-electron chi connectivity index (χ0n) is 25.0. The third kappa shape index (κ3) is 63.8. The van der Waals surface area contributed by atoms with Crippen molar-refractivity contribution in [3.05, 3.63) is 0 Å². The number of hydrogen-bond donors (Lipinski definition) is 2. The first-order valence-corrected chi connectivity index (χ1v) is 12.9. The SMILES string of the molecule is CCCCCC[NH3+].CCCCCC[NH3+].O.O.O=C([O-])CN(CC(=O)[O-])CC(=O)[O-].O=C([O-])CN(CC(=O)[O-])CC(=O)[O-].[Zr+4]. The van der Waals surface area contributed by atoms with Crippen molar-refractivity contribution in [3.63, 3.8) is 0 Å². The second-order valence-corrected chi connectivity index (χ2v) is 8.35. The predicted molar refractivity (Wildman–Crippen MR) is 134 cm³/mol. The van der Waals surface area contributed by atoms with E-state index in [1.54, 1.807) is 0 Å². The summed E-state index contributed by atoms with van der Waals surface area (Å²) in [7, 11) is 0. The number of carboxylic acid groups (broad SMARTS) is 6. The van der Waals surface area contributed by atoms with Crippen LogP contribution in [0.3, 0.4) is 0 Å². The maximum Gasteiger partial charge on any atom is 4.00 e. The molecule has 0 aliphatic rings. The Morgan fingerprint density at radius 2 is 0.628 bits per heavy atom. The molecule has 0 unspecified atom stereocenters. The van der Waals surface area contributed by atoms with Crippen molar-refractivity contribution >= 4 is 35.8 Å². The van der Waals surface area contributed by atoms with Gasteiger partial charge < -0.3 is 81.8 Å². The Hall–Kier alpha value is -2.54. The molecular formula is C24H48N4O14Zr. The van der Waals surface area contributed by atoms with Crippen LogP contribution in [-0.2, 0) is 55.0 Å². The molecule has 0 spiro atoms. The Bertz CT molecular complexity index is 575. The molecule has 0 rings (SSSR count). The van der Waals surface area contributed by atoms with Gasteiger partial charge in [-0.25, -0.2) is 0 Å². The molecule has 0 heterocycles. The zero-order valence-corrected chi connectivity index (χ0v) is 27.5. The van der Waals surface area contributed by atoms with E-state index >= 15 is 0 Å². The van der Waals surface area contributed by atoms with E-state index in [2.05, 4.69) is 25.3 Å². The van der Waals surface area contributed by atoms with Gasteiger partial charge in [0.1, 0.15) is 0 Å². The molecule has 0 atom stereocenters. The quantitative estimate of drug-likeness (QED) is 0.111. The molecule has 0 fully saturated rings. The first-order chi connectivity index (χ1) is 18.7. The smallest absolute Gasteiger partial charge is 0.549 e. The number of rotatable bonds is 20. The zero-order chi connectivity index (χ0) is 31.9. The van der Waals surface area contributed by atoms with E-state index in [4.69, 9.17) is 0 Å². The molecule has 0 aliphatic heterocycles. The summed E-state index contributed by atoms with van der Waals surface area (Å²) < 4.78 is 0. The average molecular weight is 708 g/mol. The summed E-state index contributed by atoms with van der Waals surface area (Å²) >= 11 is 0.